The molecule has 110 valence electrons. The van der Waals surface area contributed by atoms with Crippen molar-refractivity contribution in [3.63, 3.8) is 0 Å². The number of carbonyl (C=O) groups is 2. The largest absolute Gasteiger partial charge is 0.366 e. The van der Waals surface area contributed by atoms with Crippen LogP contribution in [-0.4, -0.2) is 16.8 Å². The highest BCUT2D eigenvalue weighted by atomic mass is 16.1. The molecule has 5 heteroatoms. The Kier molecular flexibility index (Phi) is 3.62. The molecule has 2 amide bonds. The smallest absolute Gasteiger partial charge is 0.248 e. The molecule has 0 fully saturated rings. The summed E-state index contributed by atoms with van der Waals surface area (Å²) in [5.41, 5.74) is 8.16. The van der Waals surface area contributed by atoms with Gasteiger partial charge in [0.2, 0.25) is 11.8 Å². The van der Waals surface area contributed by atoms with Gasteiger partial charge in [-0.25, -0.2) is 0 Å². The Labute approximate surface area is 127 Å². The average molecular weight is 293 g/mol. The molecule has 4 N–H and O–H groups in total. The number of fused-ring (bicyclic) bond motifs is 1. The average Bonchev–Trinajstić information content (AvgIpc) is 2.95. The van der Waals surface area contributed by atoms with Crippen molar-refractivity contribution < 1.29 is 9.59 Å². The van der Waals surface area contributed by atoms with Gasteiger partial charge >= 0.3 is 0 Å². The Bertz CT molecular complexity index is 834. The molecule has 0 aliphatic rings. The lowest BCUT2D eigenvalue weighted by atomic mass is 10.1. The minimum atomic E-state index is -0.489. The molecule has 5 nitrogen and oxygen atoms in total. The lowest BCUT2D eigenvalue weighted by molar-refractivity contribution is -0.115. The van der Waals surface area contributed by atoms with E-state index in [2.05, 4.69) is 10.3 Å². The van der Waals surface area contributed by atoms with Gasteiger partial charge in [-0.3, -0.25) is 9.59 Å². The van der Waals surface area contributed by atoms with Gasteiger partial charge < -0.3 is 16.0 Å². The van der Waals surface area contributed by atoms with Gasteiger partial charge in [-0.1, -0.05) is 12.1 Å². The predicted octanol–water partition coefficient (Wildman–Crippen LogP) is 2.45. The third-order valence-corrected chi connectivity index (χ3v) is 3.44. The van der Waals surface area contributed by atoms with E-state index in [0.717, 1.165) is 16.5 Å². The van der Waals surface area contributed by atoms with E-state index >= 15 is 0 Å². The number of carbonyl (C=O) groups excluding carboxylic acids is 2. The molecule has 0 saturated heterocycles. The third-order valence-electron chi connectivity index (χ3n) is 3.44. The zero-order chi connectivity index (χ0) is 15.5. The summed E-state index contributed by atoms with van der Waals surface area (Å²) in [6.45, 7) is 0. The summed E-state index contributed by atoms with van der Waals surface area (Å²) in [6.07, 6.45) is 2.15. The number of hydrogen-bond donors (Lipinski definition) is 3. The molecule has 0 bridgehead atoms. The van der Waals surface area contributed by atoms with Crippen molar-refractivity contribution in [1.82, 2.24) is 4.98 Å². The van der Waals surface area contributed by atoms with Gasteiger partial charge in [0.25, 0.3) is 0 Å². The van der Waals surface area contributed by atoms with Crippen molar-refractivity contribution in [2.24, 2.45) is 5.73 Å². The number of benzene rings is 2. The molecule has 0 spiro atoms. The summed E-state index contributed by atoms with van der Waals surface area (Å²) in [5.74, 6) is -0.602. The van der Waals surface area contributed by atoms with E-state index in [9.17, 15) is 9.59 Å². The van der Waals surface area contributed by atoms with E-state index in [1.54, 1.807) is 24.3 Å². The molecular formula is C17H15N3O2. The second-order valence-corrected chi connectivity index (χ2v) is 5.07. The first-order chi connectivity index (χ1) is 10.6. The molecule has 0 radical (unpaired) electrons. The van der Waals surface area contributed by atoms with Crippen LogP contribution >= 0.6 is 0 Å². The first-order valence-corrected chi connectivity index (χ1v) is 6.87. The number of H-pyrrole nitrogens is 1. The fourth-order valence-electron chi connectivity index (χ4n) is 2.31. The molecule has 0 aliphatic carbocycles. The van der Waals surface area contributed by atoms with Crippen LogP contribution in [0.1, 0.15) is 15.9 Å². The van der Waals surface area contributed by atoms with Crippen molar-refractivity contribution in [3.8, 4) is 0 Å². The molecule has 0 atom stereocenters. The van der Waals surface area contributed by atoms with Crippen molar-refractivity contribution >= 4 is 28.4 Å². The standard InChI is InChI=1S/C17H15N3O2/c18-17(22)13-3-5-14(6-4-13)20-16(21)10-11-1-2-12-7-8-19-15(12)9-11/h1-9,19H,10H2,(H2,18,22)(H,20,21). The van der Waals surface area contributed by atoms with E-state index < -0.39 is 5.91 Å². The topological polar surface area (TPSA) is 88.0 Å². The second kappa shape index (κ2) is 5.73. The predicted molar refractivity (Wildman–Crippen MR) is 85.6 cm³/mol. The zero-order valence-corrected chi connectivity index (χ0v) is 11.8. The molecule has 0 unspecified atom stereocenters. The summed E-state index contributed by atoms with van der Waals surface area (Å²) >= 11 is 0. The maximum atomic E-state index is 12.1. The molecule has 0 saturated carbocycles. The normalized spacial score (nSPS) is 10.5. The molecule has 0 aliphatic heterocycles. The van der Waals surface area contributed by atoms with Crippen LogP contribution in [0.2, 0.25) is 0 Å². The number of primary amides is 1. The van der Waals surface area contributed by atoms with Gasteiger partial charge in [0, 0.05) is 23.0 Å². The van der Waals surface area contributed by atoms with Crippen LogP contribution in [0.3, 0.4) is 0 Å². The van der Waals surface area contributed by atoms with Gasteiger partial charge in [0.15, 0.2) is 0 Å². The summed E-state index contributed by atoms with van der Waals surface area (Å²) < 4.78 is 0. The van der Waals surface area contributed by atoms with Crippen molar-refractivity contribution in [2.75, 3.05) is 5.32 Å². The lowest BCUT2D eigenvalue weighted by Gasteiger charge is -2.06. The number of aromatic amines is 1. The maximum Gasteiger partial charge on any atom is 0.248 e. The van der Waals surface area contributed by atoms with Crippen LogP contribution < -0.4 is 11.1 Å². The van der Waals surface area contributed by atoms with E-state index in [0.29, 0.717) is 11.3 Å². The lowest BCUT2D eigenvalue weighted by Crippen LogP contribution is -2.15. The number of amides is 2. The molecule has 22 heavy (non-hydrogen) atoms. The van der Waals surface area contributed by atoms with Gasteiger partial charge in [-0.05, 0) is 47.3 Å². The van der Waals surface area contributed by atoms with E-state index in [1.165, 1.54) is 0 Å². The monoisotopic (exact) mass is 293 g/mol. The summed E-state index contributed by atoms with van der Waals surface area (Å²) in [5, 5.41) is 3.91. The van der Waals surface area contributed by atoms with Crippen molar-refractivity contribution in [2.45, 2.75) is 6.42 Å². The molecule has 3 rings (SSSR count). The second-order valence-electron chi connectivity index (χ2n) is 5.07. The van der Waals surface area contributed by atoms with E-state index in [4.69, 9.17) is 5.73 Å². The molecular weight excluding hydrogens is 278 g/mol. The molecule has 1 heterocycles. The van der Waals surface area contributed by atoms with Crippen molar-refractivity contribution in [1.29, 1.82) is 0 Å². The van der Waals surface area contributed by atoms with Crippen LogP contribution in [0.4, 0.5) is 5.69 Å². The minimum Gasteiger partial charge on any atom is -0.366 e. The minimum absolute atomic E-state index is 0.113. The number of rotatable bonds is 4. The van der Waals surface area contributed by atoms with Gasteiger partial charge in [0.1, 0.15) is 0 Å². The van der Waals surface area contributed by atoms with Crippen molar-refractivity contribution in [3.05, 3.63) is 65.9 Å². The van der Waals surface area contributed by atoms with Crippen LogP contribution in [0.5, 0.6) is 0 Å². The molecule has 3 aromatic rings. The third kappa shape index (κ3) is 2.98. The highest BCUT2D eigenvalue weighted by molar-refractivity contribution is 5.95. The maximum absolute atomic E-state index is 12.1. The van der Waals surface area contributed by atoms with Gasteiger partial charge in [-0.2, -0.15) is 0 Å². The Morgan fingerprint density at radius 1 is 1.05 bits per heavy atom. The highest BCUT2D eigenvalue weighted by Gasteiger charge is 2.06. The summed E-state index contributed by atoms with van der Waals surface area (Å²) in [7, 11) is 0. The van der Waals surface area contributed by atoms with Gasteiger partial charge in [-0.15, -0.1) is 0 Å². The highest BCUT2D eigenvalue weighted by Crippen LogP contribution is 2.15. The quantitative estimate of drug-likeness (QED) is 0.690. The Morgan fingerprint density at radius 2 is 1.82 bits per heavy atom. The Morgan fingerprint density at radius 3 is 2.55 bits per heavy atom. The Hall–Kier alpha value is -3.08. The van der Waals surface area contributed by atoms with Gasteiger partial charge in [0.05, 0.1) is 6.42 Å². The Balaban J connectivity index is 1.67. The molecule has 1 aromatic heterocycles. The first-order valence-electron chi connectivity index (χ1n) is 6.87. The molecule has 2 aromatic carbocycles. The zero-order valence-electron chi connectivity index (χ0n) is 11.8. The van der Waals surface area contributed by atoms with Crippen LogP contribution in [0.25, 0.3) is 10.9 Å². The number of hydrogen-bond acceptors (Lipinski definition) is 2. The fraction of sp³-hybridized carbons (Fsp3) is 0.0588. The first kappa shape index (κ1) is 13.9. The van der Waals surface area contributed by atoms with Crippen LogP contribution in [-0.2, 0) is 11.2 Å². The summed E-state index contributed by atoms with van der Waals surface area (Å²) in [6, 6.07) is 14.4. The number of nitrogens with one attached hydrogen (secondary N) is 2. The van der Waals surface area contributed by atoms with E-state index in [1.807, 2.05) is 30.5 Å². The van der Waals surface area contributed by atoms with Crippen LogP contribution in [0, 0.1) is 0 Å². The number of nitrogens with two attached hydrogens (primary N) is 1. The van der Waals surface area contributed by atoms with Crippen LogP contribution in [0.15, 0.2) is 54.7 Å². The van der Waals surface area contributed by atoms with E-state index in [-0.39, 0.29) is 12.3 Å². The fourth-order valence-corrected chi connectivity index (χ4v) is 2.31. The summed E-state index contributed by atoms with van der Waals surface area (Å²) in [4.78, 5) is 26.2. The number of anilines is 1. The SMILES string of the molecule is NC(=O)c1ccc(NC(=O)Cc2ccc3cc[nH]c3c2)cc1. The number of aromatic nitrogens is 1.